The van der Waals surface area contributed by atoms with E-state index in [1.165, 1.54) is 0 Å². The van der Waals surface area contributed by atoms with Crippen molar-refractivity contribution in [2.24, 2.45) is 0 Å². The smallest absolute Gasteiger partial charge is 0.337 e. The van der Waals surface area contributed by atoms with Crippen molar-refractivity contribution >= 4 is 17.8 Å². The molecule has 2 N–H and O–H groups in total. The van der Waals surface area contributed by atoms with Crippen LogP contribution in [0.3, 0.4) is 0 Å². The molecule has 0 unspecified atom stereocenters. The minimum Gasteiger partial charge on any atom is -0.463 e. The SMILES string of the molecule is CCOc1n[nH]c(NC(=O)CN(C)c2ncccn2)n1. The number of carbonyl (C=O) groups excluding carboxylic acids is 1. The number of nitrogens with one attached hydrogen (secondary N) is 2. The summed E-state index contributed by atoms with van der Waals surface area (Å²) in [4.78, 5) is 25.5. The predicted octanol–water partition coefficient (Wildman–Crippen LogP) is 0.0683. The summed E-state index contributed by atoms with van der Waals surface area (Å²) in [7, 11) is 1.72. The fraction of sp³-hybridized carbons (Fsp3) is 0.364. The standard InChI is InChI=1S/C11H15N7O2/c1-3-20-11-15-9(16-17-11)14-8(19)7-18(2)10-12-5-4-6-13-10/h4-6H,3,7H2,1-2H3,(H2,14,15,16,17,19). The molecule has 2 heterocycles. The Morgan fingerprint density at radius 1 is 1.45 bits per heavy atom. The van der Waals surface area contributed by atoms with Crippen LogP contribution in [0, 0.1) is 0 Å². The normalized spacial score (nSPS) is 10.1. The van der Waals surface area contributed by atoms with E-state index in [0.717, 1.165) is 0 Å². The quantitative estimate of drug-likeness (QED) is 0.768. The molecule has 0 radical (unpaired) electrons. The minimum absolute atomic E-state index is 0.0919. The molecular weight excluding hydrogens is 262 g/mol. The van der Waals surface area contributed by atoms with Crippen molar-refractivity contribution in [3.05, 3.63) is 18.5 Å². The Hall–Kier alpha value is -2.71. The number of rotatable bonds is 6. The van der Waals surface area contributed by atoms with Gasteiger partial charge in [0.25, 0.3) is 0 Å². The van der Waals surface area contributed by atoms with Gasteiger partial charge in [0.2, 0.25) is 17.8 Å². The average molecular weight is 277 g/mol. The van der Waals surface area contributed by atoms with Crippen molar-refractivity contribution in [2.75, 3.05) is 30.4 Å². The molecule has 0 spiro atoms. The lowest BCUT2D eigenvalue weighted by Crippen LogP contribution is -2.31. The van der Waals surface area contributed by atoms with Gasteiger partial charge in [-0.15, -0.1) is 5.10 Å². The van der Waals surface area contributed by atoms with Gasteiger partial charge in [-0.2, -0.15) is 4.98 Å². The molecule has 9 nitrogen and oxygen atoms in total. The van der Waals surface area contributed by atoms with Crippen LogP contribution in [0.1, 0.15) is 6.92 Å². The number of aromatic amines is 1. The lowest BCUT2D eigenvalue weighted by molar-refractivity contribution is -0.115. The number of hydrogen-bond donors (Lipinski definition) is 2. The van der Waals surface area contributed by atoms with E-state index in [-0.39, 0.29) is 24.4 Å². The Kier molecular flexibility index (Phi) is 4.43. The van der Waals surface area contributed by atoms with Crippen molar-refractivity contribution in [2.45, 2.75) is 6.92 Å². The maximum Gasteiger partial charge on any atom is 0.337 e. The molecule has 2 aromatic heterocycles. The second kappa shape index (κ2) is 6.45. The van der Waals surface area contributed by atoms with Gasteiger partial charge in [-0.25, -0.2) is 15.1 Å². The molecule has 0 aliphatic heterocycles. The molecule has 1 amide bonds. The van der Waals surface area contributed by atoms with E-state index < -0.39 is 0 Å². The number of hydrogen-bond acceptors (Lipinski definition) is 7. The van der Waals surface area contributed by atoms with Gasteiger partial charge >= 0.3 is 6.01 Å². The van der Waals surface area contributed by atoms with Gasteiger partial charge in [0, 0.05) is 19.4 Å². The molecule has 2 aromatic rings. The molecule has 9 heteroatoms. The molecule has 0 fully saturated rings. The van der Waals surface area contributed by atoms with E-state index in [0.29, 0.717) is 12.6 Å². The Morgan fingerprint density at radius 2 is 2.20 bits per heavy atom. The van der Waals surface area contributed by atoms with E-state index in [1.54, 1.807) is 30.4 Å². The molecule has 0 aliphatic rings. The summed E-state index contributed by atoms with van der Waals surface area (Å²) < 4.78 is 5.08. The van der Waals surface area contributed by atoms with Crippen LogP contribution in [0.2, 0.25) is 0 Å². The number of carbonyl (C=O) groups is 1. The van der Waals surface area contributed by atoms with Crippen molar-refractivity contribution in [1.29, 1.82) is 0 Å². The van der Waals surface area contributed by atoms with Crippen LogP contribution in [0.25, 0.3) is 0 Å². The lowest BCUT2D eigenvalue weighted by atomic mass is 10.5. The number of nitrogens with zero attached hydrogens (tertiary/aromatic N) is 5. The third kappa shape index (κ3) is 3.64. The van der Waals surface area contributed by atoms with Gasteiger partial charge in [-0.3, -0.25) is 10.1 Å². The summed E-state index contributed by atoms with van der Waals surface area (Å²) >= 11 is 0. The molecule has 0 saturated heterocycles. The highest BCUT2D eigenvalue weighted by atomic mass is 16.5. The Bertz CT molecular complexity index is 557. The Balaban J connectivity index is 1.88. The fourth-order valence-electron chi connectivity index (χ4n) is 1.44. The summed E-state index contributed by atoms with van der Waals surface area (Å²) in [5, 5.41) is 8.93. The van der Waals surface area contributed by atoms with E-state index >= 15 is 0 Å². The van der Waals surface area contributed by atoms with Crippen LogP contribution in [-0.4, -0.2) is 51.3 Å². The highest BCUT2D eigenvalue weighted by Gasteiger charge is 2.11. The first-order valence-corrected chi connectivity index (χ1v) is 6.02. The summed E-state index contributed by atoms with van der Waals surface area (Å²) in [6.45, 7) is 2.37. The van der Waals surface area contributed by atoms with Crippen molar-refractivity contribution in [3.8, 4) is 6.01 Å². The van der Waals surface area contributed by atoms with E-state index in [2.05, 4.69) is 30.5 Å². The monoisotopic (exact) mass is 277 g/mol. The topological polar surface area (TPSA) is 109 Å². The zero-order valence-electron chi connectivity index (χ0n) is 11.2. The van der Waals surface area contributed by atoms with E-state index in [1.807, 2.05) is 6.92 Å². The molecule has 2 rings (SSSR count). The molecule has 106 valence electrons. The molecule has 0 bridgehead atoms. The highest BCUT2D eigenvalue weighted by molar-refractivity contribution is 5.92. The van der Waals surface area contributed by atoms with E-state index in [4.69, 9.17) is 4.74 Å². The minimum atomic E-state index is -0.265. The zero-order valence-corrected chi connectivity index (χ0v) is 11.2. The lowest BCUT2D eigenvalue weighted by Gasteiger charge is -2.15. The van der Waals surface area contributed by atoms with Gasteiger partial charge in [0.1, 0.15) is 0 Å². The maximum atomic E-state index is 11.8. The van der Waals surface area contributed by atoms with Crippen LogP contribution in [-0.2, 0) is 4.79 Å². The largest absolute Gasteiger partial charge is 0.463 e. The average Bonchev–Trinajstić information content (AvgIpc) is 2.87. The van der Waals surface area contributed by atoms with Crippen LogP contribution in [0.4, 0.5) is 11.9 Å². The second-order valence-electron chi connectivity index (χ2n) is 3.85. The Labute approximate surface area is 115 Å². The zero-order chi connectivity index (χ0) is 14.4. The number of amides is 1. The van der Waals surface area contributed by atoms with Crippen LogP contribution >= 0.6 is 0 Å². The van der Waals surface area contributed by atoms with Crippen molar-refractivity contribution in [3.63, 3.8) is 0 Å². The number of ether oxygens (including phenoxy) is 1. The van der Waals surface area contributed by atoms with E-state index in [9.17, 15) is 4.79 Å². The molecular formula is C11H15N7O2. The van der Waals surface area contributed by atoms with Gasteiger partial charge < -0.3 is 9.64 Å². The third-order valence-electron chi connectivity index (χ3n) is 2.27. The molecule has 0 saturated carbocycles. The first-order chi connectivity index (χ1) is 9.69. The second-order valence-corrected chi connectivity index (χ2v) is 3.85. The Morgan fingerprint density at radius 3 is 2.90 bits per heavy atom. The summed E-state index contributed by atoms with van der Waals surface area (Å²) in [5.41, 5.74) is 0. The number of H-pyrrole nitrogens is 1. The molecule has 0 aliphatic carbocycles. The molecule has 20 heavy (non-hydrogen) atoms. The fourth-order valence-corrected chi connectivity index (χ4v) is 1.44. The van der Waals surface area contributed by atoms with Crippen LogP contribution in [0.15, 0.2) is 18.5 Å². The highest BCUT2D eigenvalue weighted by Crippen LogP contribution is 2.06. The third-order valence-corrected chi connectivity index (χ3v) is 2.27. The van der Waals surface area contributed by atoms with Crippen molar-refractivity contribution in [1.82, 2.24) is 25.1 Å². The summed E-state index contributed by atoms with van der Waals surface area (Å²) in [6.07, 6.45) is 3.23. The first-order valence-electron chi connectivity index (χ1n) is 6.02. The van der Waals surface area contributed by atoms with Gasteiger partial charge in [0.05, 0.1) is 13.2 Å². The van der Waals surface area contributed by atoms with Crippen molar-refractivity contribution < 1.29 is 9.53 Å². The maximum absolute atomic E-state index is 11.8. The number of aromatic nitrogens is 5. The summed E-state index contributed by atoms with van der Waals surface area (Å²) in [6, 6.07) is 1.91. The number of anilines is 2. The molecule has 0 atom stereocenters. The van der Waals surface area contributed by atoms with Crippen LogP contribution < -0.4 is 15.0 Å². The van der Waals surface area contributed by atoms with Gasteiger partial charge in [-0.05, 0) is 13.0 Å². The molecule has 0 aromatic carbocycles. The van der Waals surface area contributed by atoms with Gasteiger partial charge in [0.15, 0.2) is 0 Å². The number of likely N-dealkylation sites (N-methyl/N-ethyl adjacent to an activating group) is 1. The summed E-state index contributed by atoms with van der Waals surface area (Å²) in [5.74, 6) is 0.440. The van der Waals surface area contributed by atoms with Crippen LogP contribution in [0.5, 0.6) is 6.01 Å². The predicted molar refractivity (Wildman–Crippen MR) is 71.5 cm³/mol. The van der Waals surface area contributed by atoms with Gasteiger partial charge in [-0.1, -0.05) is 0 Å². The first kappa shape index (κ1) is 13.7.